The first-order valence-electron chi connectivity index (χ1n) is 8.56. The number of nitrogens with zero attached hydrogens (tertiary/aromatic N) is 1. The van der Waals surface area contributed by atoms with Gasteiger partial charge in [0.15, 0.2) is 0 Å². The molecule has 3 heteroatoms. The Bertz CT molecular complexity index is 369. The molecule has 2 aliphatic carbocycles. The minimum Gasteiger partial charge on any atom is -0.411 e. The van der Waals surface area contributed by atoms with Crippen LogP contribution in [0.3, 0.4) is 0 Å². The van der Waals surface area contributed by atoms with E-state index in [0.717, 1.165) is 49.5 Å². The van der Waals surface area contributed by atoms with Crippen LogP contribution in [0.4, 0.5) is 0 Å². The van der Waals surface area contributed by atoms with Gasteiger partial charge in [-0.05, 0) is 51.4 Å². The van der Waals surface area contributed by atoms with E-state index in [1.807, 2.05) is 0 Å². The second-order valence-electron chi connectivity index (χ2n) is 6.11. The molecule has 2 rings (SSSR count). The van der Waals surface area contributed by atoms with Gasteiger partial charge >= 0.3 is 0 Å². The van der Waals surface area contributed by atoms with E-state index in [1.165, 1.54) is 32.1 Å². The average molecular weight is 308 g/mol. The first-order valence-corrected chi connectivity index (χ1v) is 9.50. The summed E-state index contributed by atoms with van der Waals surface area (Å²) >= 11 is 2.08. The molecule has 0 aromatic carbocycles. The van der Waals surface area contributed by atoms with Crippen molar-refractivity contribution in [1.29, 1.82) is 0 Å². The lowest BCUT2D eigenvalue weighted by atomic mass is 10.0. The second-order valence-corrected chi connectivity index (χ2v) is 7.62. The van der Waals surface area contributed by atoms with Crippen molar-refractivity contribution >= 4 is 17.5 Å². The van der Waals surface area contributed by atoms with E-state index in [9.17, 15) is 5.21 Å². The summed E-state index contributed by atoms with van der Waals surface area (Å²) in [5, 5.41) is 14.3. The molecular formula is C18H29NOS. The number of hydrogen-bond donors (Lipinski definition) is 1. The molecule has 0 heterocycles. The molecule has 0 aromatic heterocycles. The first kappa shape index (κ1) is 16.7. The minimum absolute atomic E-state index is 0.399. The molecule has 2 nitrogen and oxygen atoms in total. The average Bonchev–Trinajstić information content (AvgIpc) is 2.51. The topological polar surface area (TPSA) is 32.6 Å². The molecule has 1 saturated carbocycles. The smallest absolute Gasteiger partial charge is 0.0703 e. The summed E-state index contributed by atoms with van der Waals surface area (Å²) in [5.41, 5.74) is 1.00. The van der Waals surface area contributed by atoms with Crippen molar-refractivity contribution in [3.63, 3.8) is 0 Å². The van der Waals surface area contributed by atoms with Crippen LogP contribution >= 0.6 is 11.8 Å². The van der Waals surface area contributed by atoms with Crippen molar-refractivity contribution in [3.05, 3.63) is 24.3 Å². The van der Waals surface area contributed by atoms with Crippen molar-refractivity contribution in [1.82, 2.24) is 0 Å². The van der Waals surface area contributed by atoms with Crippen molar-refractivity contribution in [3.8, 4) is 0 Å². The minimum atomic E-state index is 0.399. The predicted molar refractivity (Wildman–Crippen MR) is 93.5 cm³/mol. The molecular weight excluding hydrogens is 278 g/mol. The molecule has 0 amide bonds. The van der Waals surface area contributed by atoms with E-state index in [2.05, 4.69) is 41.2 Å². The summed E-state index contributed by atoms with van der Waals surface area (Å²) < 4.78 is 0. The van der Waals surface area contributed by atoms with Crippen LogP contribution in [0, 0.1) is 0 Å². The van der Waals surface area contributed by atoms with E-state index in [0.29, 0.717) is 5.25 Å². The molecule has 1 fully saturated rings. The number of hydrogen-bond acceptors (Lipinski definition) is 3. The Balaban J connectivity index is 1.97. The van der Waals surface area contributed by atoms with Gasteiger partial charge in [0.1, 0.15) is 0 Å². The molecule has 0 unspecified atom stereocenters. The Kier molecular flexibility index (Phi) is 8.01. The quantitative estimate of drug-likeness (QED) is 0.402. The largest absolute Gasteiger partial charge is 0.411 e. The molecule has 2 aliphatic rings. The highest BCUT2D eigenvalue weighted by Gasteiger charge is 2.23. The highest BCUT2D eigenvalue weighted by Crippen LogP contribution is 2.34. The molecule has 0 aromatic rings. The van der Waals surface area contributed by atoms with Gasteiger partial charge in [-0.15, -0.1) is 11.8 Å². The molecule has 0 spiro atoms. The summed E-state index contributed by atoms with van der Waals surface area (Å²) in [6.45, 7) is 0. The van der Waals surface area contributed by atoms with Gasteiger partial charge in [0.25, 0.3) is 0 Å². The lowest BCUT2D eigenvalue weighted by Crippen LogP contribution is -2.22. The van der Waals surface area contributed by atoms with Gasteiger partial charge in [-0.25, -0.2) is 0 Å². The van der Waals surface area contributed by atoms with Gasteiger partial charge in [0.2, 0.25) is 0 Å². The maximum absolute atomic E-state index is 9.43. The van der Waals surface area contributed by atoms with Gasteiger partial charge in [0, 0.05) is 10.5 Å². The van der Waals surface area contributed by atoms with Gasteiger partial charge in [-0.3, -0.25) is 0 Å². The molecule has 1 atom stereocenters. The SMILES string of the molecule is O/N=C1\CC/C=C/CC/C=C/CC[C@H]1SC1CCCCC1. The summed E-state index contributed by atoms with van der Waals surface area (Å²) in [5.74, 6) is 0. The zero-order valence-corrected chi connectivity index (χ0v) is 13.9. The highest BCUT2D eigenvalue weighted by atomic mass is 32.2. The van der Waals surface area contributed by atoms with Crippen LogP contribution in [0.1, 0.15) is 70.6 Å². The van der Waals surface area contributed by atoms with E-state index < -0.39 is 0 Å². The van der Waals surface area contributed by atoms with Crippen molar-refractivity contribution in [2.45, 2.75) is 81.1 Å². The van der Waals surface area contributed by atoms with Gasteiger partial charge in [-0.2, -0.15) is 0 Å². The van der Waals surface area contributed by atoms with Crippen LogP contribution in [0.2, 0.25) is 0 Å². The van der Waals surface area contributed by atoms with E-state index in [-0.39, 0.29) is 0 Å². The third kappa shape index (κ3) is 6.29. The van der Waals surface area contributed by atoms with Crippen LogP contribution in [-0.2, 0) is 0 Å². The fourth-order valence-electron chi connectivity index (χ4n) is 3.16. The normalized spacial score (nSPS) is 31.2. The number of allylic oxidation sites excluding steroid dienone is 4. The fourth-order valence-corrected chi connectivity index (χ4v) is 4.83. The van der Waals surface area contributed by atoms with Crippen molar-refractivity contribution in [2.75, 3.05) is 0 Å². The second kappa shape index (κ2) is 10.1. The standard InChI is InChI=1S/C18H29NOS/c20-19-17-14-10-5-3-1-2-4-6-11-15-18(17)21-16-12-8-7-9-13-16/h3-6,16,18,20H,1-2,7-15H2/b5-3+,6-4+,19-17+/t18-/m1/s1. The van der Waals surface area contributed by atoms with E-state index in [4.69, 9.17) is 0 Å². The zero-order chi connectivity index (χ0) is 14.8. The molecule has 1 N–H and O–H groups in total. The highest BCUT2D eigenvalue weighted by molar-refractivity contribution is 8.01. The Morgan fingerprint density at radius 1 is 0.857 bits per heavy atom. The van der Waals surface area contributed by atoms with Gasteiger partial charge < -0.3 is 5.21 Å². The number of oxime groups is 1. The Hall–Kier alpha value is -0.700. The maximum Gasteiger partial charge on any atom is 0.0703 e. The molecule has 0 saturated heterocycles. The van der Waals surface area contributed by atoms with Gasteiger partial charge in [0.05, 0.1) is 5.71 Å². The van der Waals surface area contributed by atoms with Crippen molar-refractivity contribution in [2.24, 2.45) is 5.16 Å². The molecule has 118 valence electrons. The fraction of sp³-hybridized carbons (Fsp3) is 0.722. The summed E-state index contributed by atoms with van der Waals surface area (Å²) in [6, 6.07) is 0. The van der Waals surface area contributed by atoms with Crippen LogP contribution in [0.25, 0.3) is 0 Å². The Morgan fingerprint density at radius 3 is 2.24 bits per heavy atom. The maximum atomic E-state index is 9.43. The lowest BCUT2D eigenvalue weighted by Gasteiger charge is -2.26. The number of thioether (sulfide) groups is 1. The molecule has 0 bridgehead atoms. The Morgan fingerprint density at radius 2 is 1.52 bits per heavy atom. The van der Waals surface area contributed by atoms with Gasteiger partial charge in [-0.1, -0.05) is 48.7 Å². The third-order valence-corrected chi connectivity index (χ3v) is 6.10. The predicted octanol–water partition coefficient (Wildman–Crippen LogP) is 5.72. The summed E-state index contributed by atoms with van der Waals surface area (Å²) in [7, 11) is 0. The third-order valence-electron chi connectivity index (χ3n) is 4.41. The first-order chi connectivity index (χ1) is 10.4. The molecule has 0 aliphatic heterocycles. The van der Waals surface area contributed by atoms with Crippen LogP contribution in [-0.4, -0.2) is 21.4 Å². The van der Waals surface area contributed by atoms with Crippen LogP contribution in [0.15, 0.2) is 29.5 Å². The summed E-state index contributed by atoms with van der Waals surface area (Å²) in [4.78, 5) is 0. The lowest BCUT2D eigenvalue weighted by molar-refractivity contribution is 0.316. The van der Waals surface area contributed by atoms with Crippen molar-refractivity contribution < 1.29 is 5.21 Å². The molecule has 0 radical (unpaired) electrons. The zero-order valence-electron chi connectivity index (χ0n) is 13.0. The number of rotatable bonds is 2. The van der Waals surface area contributed by atoms with E-state index in [1.54, 1.807) is 0 Å². The Labute approximate surface area is 133 Å². The monoisotopic (exact) mass is 307 g/mol. The molecule has 21 heavy (non-hydrogen) atoms. The van der Waals surface area contributed by atoms with E-state index >= 15 is 0 Å². The van der Waals surface area contributed by atoms with Crippen LogP contribution in [0.5, 0.6) is 0 Å². The summed E-state index contributed by atoms with van der Waals surface area (Å²) in [6.07, 6.45) is 22.3. The van der Waals surface area contributed by atoms with Crippen LogP contribution < -0.4 is 0 Å².